The predicted octanol–water partition coefficient (Wildman–Crippen LogP) is 13.2. The van der Waals surface area contributed by atoms with Gasteiger partial charge in [-0.05, 0) is 136 Å². The molecule has 0 saturated heterocycles. The average Bonchev–Trinajstić information content (AvgIpc) is 4.02. The second-order valence-electron chi connectivity index (χ2n) is 17.3. The summed E-state index contributed by atoms with van der Waals surface area (Å²) in [6, 6.07) is 60.5. The van der Waals surface area contributed by atoms with Crippen LogP contribution in [0.15, 0.2) is 182 Å². The van der Waals surface area contributed by atoms with Gasteiger partial charge in [0.15, 0.2) is 0 Å². The van der Waals surface area contributed by atoms with Crippen molar-refractivity contribution in [1.82, 2.24) is 10.3 Å². The van der Waals surface area contributed by atoms with Crippen LogP contribution in [-0.2, 0) is 25.1 Å². The minimum absolute atomic E-state index is 0.0395. The van der Waals surface area contributed by atoms with E-state index in [1.165, 1.54) is 69.3 Å². The Hall–Kier alpha value is -7.35. The summed E-state index contributed by atoms with van der Waals surface area (Å²) in [7, 11) is 0. The van der Waals surface area contributed by atoms with E-state index in [0.29, 0.717) is 31.1 Å². The van der Waals surface area contributed by atoms with Gasteiger partial charge in [-0.1, -0.05) is 135 Å². The minimum atomic E-state index is -0.493. The molecule has 1 aliphatic rings. The molecular weight excluding hydrogens is 829 g/mol. The summed E-state index contributed by atoms with van der Waals surface area (Å²) in [5.41, 5.74) is 12.9. The molecule has 338 valence electrons. The number of aromatic amines is 1. The Balaban J connectivity index is 0.753. The number of nitrogens with one attached hydrogen (secondary N) is 2. The Kier molecular flexibility index (Phi) is 14.3. The first-order chi connectivity index (χ1) is 33.0. The lowest BCUT2D eigenvalue weighted by Gasteiger charge is -2.34. The summed E-state index contributed by atoms with van der Waals surface area (Å²) in [6.07, 6.45) is 6.48. The molecule has 0 spiro atoms. The van der Waals surface area contributed by atoms with E-state index < -0.39 is 5.41 Å². The van der Waals surface area contributed by atoms with Crippen LogP contribution in [0.25, 0.3) is 11.1 Å². The molecule has 1 aliphatic carbocycles. The number of H-pyrrole nitrogens is 1. The monoisotopic (exact) mass is 886 g/mol. The van der Waals surface area contributed by atoms with Gasteiger partial charge < -0.3 is 29.2 Å². The largest absolute Gasteiger partial charge is 0.494 e. The second kappa shape index (κ2) is 21.3. The average molecular weight is 887 g/mol. The van der Waals surface area contributed by atoms with Crippen LogP contribution in [0, 0.1) is 6.92 Å². The van der Waals surface area contributed by atoms with E-state index in [0.717, 1.165) is 54.7 Å². The fraction of sp³-hybridized carbons (Fsp3) is 0.217. The highest BCUT2D eigenvalue weighted by molar-refractivity contribution is 6.07. The quantitative estimate of drug-likeness (QED) is 0.0521. The second-order valence-corrected chi connectivity index (χ2v) is 17.3. The fourth-order valence-corrected chi connectivity index (χ4v) is 9.13. The SMILES string of the molecule is CCCCCCOc1ccc(C2(c3ccc(OCCOc4ccc(CNCc5ccc(COc6ccc(C(=O)c7ccc[nH]7)cc6)cc5)cc4)cc3)c3ccccc3-c3ccc(C)cc32)cc1. The molecule has 1 aromatic heterocycles. The van der Waals surface area contributed by atoms with Crippen molar-refractivity contribution in [2.75, 3.05) is 19.8 Å². The lowest BCUT2D eigenvalue weighted by atomic mass is 9.67. The number of ether oxygens (including phenoxy) is 4. The topological polar surface area (TPSA) is 81.8 Å². The zero-order valence-corrected chi connectivity index (χ0v) is 38.4. The van der Waals surface area contributed by atoms with Crippen molar-refractivity contribution in [2.45, 2.75) is 64.6 Å². The van der Waals surface area contributed by atoms with E-state index in [2.05, 4.69) is 152 Å². The van der Waals surface area contributed by atoms with Crippen LogP contribution in [0.1, 0.15) is 93.2 Å². The number of aromatic nitrogens is 1. The van der Waals surface area contributed by atoms with Gasteiger partial charge >= 0.3 is 0 Å². The van der Waals surface area contributed by atoms with E-state index in [1.807, 2.05) is 30.3 Å². The third-order valence-electron chi connectivity index (χ3n) is 12.6. The van der Waals surface area contributed by atoms with Gasteiger partial charge in [0.1, 0.15) is 42.8 Å². The predicted molar refractivity (Wildman–Crippen MR) is 268 cm³/mol. The van der Waals surface area contributed by atoms with Crippen molar-refractivity contribution in [1.29, 1.82) is 0 Å². The number of aryl methyl sites for hydroxylation is 1. The van der Waals surface area contributed by atoms with Gasteiger partial charge in [0, 0.05) is 24.8 Å². The Morgan fingerprint density at radius 2 is 1.07 bits per heavy atom. The molecule has 9 rings (SSSR count). The fourth-order valence-electron chi connectivity index (χ4n) is 9.13. The summed E-state index contributed by atoms with van der Waals surface area (Å²) in [6.45, 7) is 7.94. The van der Waals surface area contributed by atoms with E-state index in [-0.39, 0.29) is 5.78 Å². The lowest BCUT2D eigenvalue weighted by Crippen LogP contribution is -2.28. The Morgan fingerprint density at radius 1 is 0.522 bits per heavy atom. The Morgan fingerprint density at radius 3 is 1.70 bits per heavy atom. The third kappa shape index (κ3) is 10.4. The van der Waals surface area contributed by atoms with Crippen LogP contribution in [0.5, 0.6) is 23.0 Å². The van der Waals surface area contributed by atoms with Gasteiger partial charge in [-0.2, -0.15) is 0 Å². The number of benzene rings is 7. The van der Waals surface area contributed by atoms with E-state index in [4.69, 9.17) is 18.9 Å². The van der Waals surface area contributed by atoms with Crippen LogP contribution in [0.4, 0.5) is 0 Å². The standard InChI is InChI=1S/C60H58N2O5/c1-3-4-5-8-36-64-51-30-22-48(23-31-51)60(56-11-7-6-10-54(56)55-34-13-43(2)39-57(55)60)49-24-32-52(33-25-49)66-38-37-65-50-26-18-45(19-27-50)41-61-40-44-14-16-46(17-15-44)42-67-53-28-20-47(21-29-53)59(63)58-12-9-35-62-58/h6-7,9-35,39,61-62H,3-5,8,36-38,40-42H2,1-2H3. The normalized spacial score (nSPS) is 13.7. The van der Waals surface area contributed by atoms with Gasteiger partial charge in [0.2, 0.25) is 5.78 Å². The number of hydrogen-bond acceptors (Lipinski definition) is 6. The number of carbonyl (C=O) groups is 1. The molecule has 8 aromatic rings. The van der Waals surface area contributed by atoms with Crippen molar-refractivity contribution in [3.05, 3.63) is 238 Å². The van der Waals surface area contributed by atoms with Crippen molar-refractivity contribution < 1.29 is 23.7 Å². The van der Waals surface area contributed by atoms with Gasteiger partial charge in [0.25, 0.3) is 0 Å². The molecule has 0 aliphatic heterocycles. The summed E-state index contributed by atoms with van der Waals surface area (Å²) in [5, 5.41) is 3.54. The first-order valence-corrected chi connectivity index (χ1v) is 23.6. The molecule has 2 N–H and O–H groups in total. The minimum Gasteiger partial charge on any atom is -0.494 e. The van der Waals surface area contributed by atoms with Crippen LogP contribution in [0.3, 0.4) is 0 Å². The highest BCUT2D eigenvalue weighted by Crippen LogP contribution is 2.56. The zero-order valence-electron chi connectivity index (χ0n) is 38.4. The maximum atomic E-state index is 12.5. The van der Waals surface area contributed by atoms with Crippen LogP contribution in [-0.4, -0.2) is 30.6 Å². The van der Waals surface area contributed by atoms with Gasteiger partial charge in [-0.15, -0.1) is 0 Å². The number of rotatable bonds is 22. The highest BCUT2D eigenvalue weighted by Gasteiger charge is 2.46. The molecule has 0 fully saturated rings. The summed E-state index contributed by atoms with van der Waals surface area (Å²) in [4.78, 5) is 15.5. The van der Waals surface area contributed by atoms with Crippen LogP contribution in [0.2, 0.25) is 0 Å². The first-order valence-electron chi connectivity index (χ1n) is 23.6. The maximum absolute atomic E-state index is 12.5. The molecule has 1 heterocycles. The number of hydrogen-bond donors (Lipinski definition) is 2. The molecule has 0 saturated carbocycles. The summed E-state index contributed by atoms with van der Waals surface area (Å²) < 4.78 is 24.5. The van der Waals surface area contributed by atoms with Gasteiger partial charge in [-0.25, -0.2) is 0 Å². The smallest absolute Gasteiger partial charge is 0.209 e. The van der Waals surface area contributed by atoms with Crippen molar-refractivity contribution in [3.63, 3.8) is 0 Å². The van der Waals surface area contributed by atoms with Gasteiger partial charge in [-0.3, -0.25) is 4.79 Å². The summed E-state index contributed by atoms with van der Waals surface area (Å²) in [5.74, 6) is 3.21. The third-order valence-corrected chi connectivity index (χ3v) is 12.6. The molecule has 7 nitrogen and oxygen atoms in total. The van der Waals surface area contributed by atoms with E-state index in [9.17, 15) is 4.79 Å². The Bertz CT molecular complexity index is 2840. The highest BCUT2D eigenvalue weighted by atomic mass is 16.5. The number of ketones is 1. The van der Waals surface area contributed by atoms with Crippen LogP contribution >= 0.6 is 0 Å². The van der Waals surface area contributed by atoms with Gasteiger partial charge in [0.05, 0.1) is 17.7 Å². The van der Waals surface area contributed by atoms with Crippen molar-refractivity contribution >= 4 is 5.78 Å². The molecule has 7 heteroatoms. The molecule has 1 unspecified atom stereocenters. The molecule has 0 bridgehead atoms. The maximum Gasteiger partial charge on any atom is 0.209 e. The lowest BCUT2D eigenvalue weighted by molar-refractivity contribution is 0.103. The number of carbonyl (C=O) groups excluding carboxylic acids is 1. The molecule has 0 radical (unpaired) electrons. The summed E-state index contributed by atoms with van der Waals surface area (Å²) >= 11 is 0. The molecule has 67 heavy (non-hydrogen) atoms. The van der Waals surface area contributed by atoms with E-state index in [1.54, 1.807) is 24.4 Å². The Labute approximate surface area is 394 Å². The van der Waals surface area contributed by atoms with Crippen molar-refractivity contribution in [2.24, 2.45) is 0 Å². The zero-order chi connectivity index (χ0) is 45.8. The van der Waals surface area contributed by atoms with Crippen LogP contribution < -0.4 is 24.3 Å². The molecule has 7 aromatic carbocycles. The van der Waals surface area contributed by atoms with Crippen molar-refractivity contribution in [3.8, 4) is 34.1 Å². The molecule has 0 amide bonds. The molecule has 1 atom stereocenters. The van der Waals surface area contributed by atoms with E-state index >= 15 is 0 Å². The number of fused-ring (bicyclic) bond motifs is 3. The molecular formula is C60H58N2O5. The first kappa shape index (κ1) is 44.8. The number of unbranched alkanes of at least 4 members (excludes halogenated alkanes) is 3.